The number of benzene rings is 1. The number of halogens is 1. The van der Waals surface area contributed by atoms with Crippen LogP contribution in [0.5, 0.6) is 0 Å². The fraction of sp³-hybridized carbons (Fsp3) is 0.500. The van der Waals surface area contributed by atoms with Gasteiger partial charge in [-0.1, -0.05) is 23.7 Å². The third kappa shape index (κ3) is 2.13. The predicted octanol–water partition coefficient (Wildman–Crippen LogP) is 2.14. The van der Waals surface area contributed by atoms with E-state index in [9.17, 15) is 4.79 Å². The molecule has 2 saturated heterocycles. The van der Waals surface area contributed by atoms with E-state index in [0.29, 0.717) is 12.1 Å². The summed E-state index contributed by atoms with van der Waals surface area (Å²) in [5.41, 5.74) is 1.25. The first-order valence-electron chi connectivity index (χ1n) is 6.39. The van der Waals surface area contributed by atoms with E-state index < -0.39 is 0 Å². The maximum atomic E-state index is 11.4. The largest absolute Gasteiger partial charge is 0.337 e. The van der Waals surface area contributed by atoms with Crippen LogP contribution in [0.3, 0.4) is 0 Å². The zero-order valence-corrected chi connectivity index (χ0v) is 11.2. The van der Waals surface area contributed by atoms with Crippen molar-refractivity contribution < 1.29 is 4.79 Å². The van der Waals surface area contributed by atoms with Crippen molar-refractivity contribution in [1.82, 2.24) is 9.80 Å². The molecule has 1 aromatic rings. The monoisotopic (exact) mass is 264 g/mol. The highest BCUT2D eigenvalue weighted by molar-refractivity contribution is 6.30. The number of carbonyl (C=O) groups excluding carboxylic acids is 1. The molecule has 96 valence electrons. The number of rotatable bonds is 2. The molecule has 4 heteroatoms. The summed E-state index contributed by atoms with van der Waals surface area (Å²) in [6.45, 7) is 4.49. The second-order valence-electron chi connectivity index (χ2n) is 5.27. The third-order valence-electron chi connectivity index (χ3n) is 4.03. The summed E-state index contributed by atoms with van der Waals surface area (Å²) < 4.78 is 0. The molecule has 2 aliphatic heterocycles. The first-order valence-corrected chi connectivity index (χ1v) is 6.77. The molecular formula is C14H17ClN2O. The fourth-order valence-corrected chi connectivity index (χ4v) is 3.41. The van der Waals surface area contributed by atoms with Gasteiger partial charge in [0.05, 0.1) is 0 Å². The van der Waals surface area contributed by atoms with E-state index in [4.69, 9.17) is 11.6 Å². The third-order valence-corrected chi connectivity index (χ3v) is 4.27. The van der Waals surface area contributed by atoms with Crippen molar-refractivity contribution in [3.8, 4) is 0 Å². The molecule has 0 saturated carbocycles. The van der Waals surface area contributed by atoms with E-state index in [2.05, 4.69) is 11.0 Å². The van der Waals surface area contributed by atoms with Crippen LogP contribution in [-0.2, 0) is 11.3 Å². The number of likely N-dealkylation sites (tertiary alicyclic amines) is 2. The Balaban J connectivity index is 1.66. The normalized spacial score (nSPS) is 26.9. The average molecular weight is 265 g/mol. The molecule has 0 aromatic heterocycles. The van der Waals surface area contributed by atoms with E-state index in [1.807, 2.05) is 23.1 Å². The quantitative estimate of drug-likeness (QED) is 0.817. The lowest BCUT2D eigenvalue weighted by Gasteiger charge is -2.33. The summed E-state index contributed by atoms with van der Waals surface area (Å²) >= 11 is 6.00. The van der Waals surface area contributed by atoms with Crippen molar-refractivity contribution in [2.24, 2.45) is 0 Å². The first kappa shape index (κ1) is 12.0. The van der Waals surface area contributed by atoms with Crippen LogP contribution < -0.4 is 0 Å². The van der Waals surface area contributed by atoms with Gasteiger partial charge in [-0.15, -0.1) is 0 Å². The number of carbonyl (C=O) groups is 1. The number of fused-ring (bicyclic) bond motifs is 2. The lowest BCUT2D eigenvalue weighted by Crippen LogP contribution is -2.47. The zero-order chi connectivity index (χ0) is 12.7. The zero-order valence-electron chi connectivity index (χ0n) is 10.5. The Morgan fingerprint density at radius 1 is 1.39 bits per heavy atom. The molecule has 2 unspecified atom stereocenters. The van der Waals surface area contributed by atoms with Gasteiger partial charge < -0.3 is 4.90 Å². The lowest BCUT2D eigenvalue weighted by atomic mass is 10.2. The van der Waals surface area contributed by atoms with Gasteiger partial charge in [0.15, 0.2) is 0 Å². The van der Waals surface area contributed by atoms with Crippen molar-refractivity contribution in [1.29, 1.82) is 0 Å². The van der Waals surface area contributed by atoms with E-state index in [0.717, 1.165) is 31.1 Å². The van der Waals surface area contributed by atoms with Crippen molar-refractivity contribution in [2.75, 3.05) is 13.1 Å². The summed E-state index contributed by atoms with van der Waals surface area (Å²) in [5.74, 6) is 0.213. The van der Waals surface area contributed by atoms with Crippen molar-refractivity contribution in [2.45, 2.75) is 32.0 Å². The smallest absolute Gasteiger partial charge is 0.219 e. The number of amides is 1. The van der Waals surface area contributed by atoms with E-state index in [-0.39, 0.29) is 5.91 Å². The number of hydrogen-bond donors (Lipinski definition) is 0. The highest BCUT2D eigenvalue weighted by Gasteiger charge is 2.43. The van der Waals surface area contributed by atoms with Crippen LogP contribution >= 0.6 is 11.6 Å². The van der Waals surface area contributed by atoms with E-state index in [1.54, 1.807) is 6.92 Å². The Labute approximate surface area is 112 Å². The van der Waals surface area contributed by atoms with Gasteiger partial charge in [-0.3, -0.25) is 9.69 Å². The summed E-state index contributed by atoms with van der Waals surface area (Å²) in [7, 11) is 0. The second-order valence-corrected chi connectivity index (χ2v) is 5.71. The minimum Gasteiger partial charge on any atom is -0.337 e. The molecule has 0 aliphatic carbocycles. The van der Waals surface area contributed by atoms with Crippen LogP contribution in [0.4, 0.5) is 0 Å². The van der Waals surface area contributed by atoms with Crippen LogP contribution in [0.2, 0.25) is 5.02 Å². The molecule has 0 N–H and O–H groups in total. The average Bonchev–Trinajstić information content (AvgIpc) is 2.88. The summed E-state index contributed by atoms with van der Waals surface area (Å²) in [6, 6.07) is 8.98. The van der Waals surface area contributed by atoms with Gasteiger partial charge in [-0.05, 0) is 24.1 Å². The molecular weight excluding hydrogens is 248 g/mol. The van der Waals surface area contributed by atoms with Crippen LogP contribution in [-0.4, -0.2) is 40.9 Å². The Hall–Kier alpha value is -1.06. The fourth-order valence-electron chi connectivity index (χ4n) is 3.20. The maximum Gasteiger partial charge on any atom is 0.219 e. The Morgan fingerprint density at radius 2 is 2.22 bits per heavy atom. The molecule has 2 aliphatic rings. The number of nitrogens with zero attached hydrogens (tertiary/aromatic N) is 2. The maximum absolute atomic E-state index is 11.4. The highest BCUT2D eigenvalue weighted by Crippen LogP contribution is 2.31. The topological polar surface area (TPSA) is 23.6 Å². The van der Waals surface area contributed by atoms with Gasteiger partial charge in [0, 0.05) is 43.7 Å². The van der Waals surface area contributed by atoms with Gasteiger partial charge >= 0.3 is 0 Å². The molecule has 3 rings (SSSR count). The first-order chi connectivity index (χ1) is 8.63. The second kappa shape index (κ2) is 4.56. The van der Waals surface area contributed by atoms with Crippen LogP contribution in [0.25, 0.3) is 0 Å². The van der Waals surface area contributed by atoms with Gasteiger partial charge in [0.1, 0.15) is 0 Å². The van der Waals surface area contributed by atoms with Gasteiger partial charge in [0.2, 0.25) is 5.91 Å². The van der Waals surface area contributed by atoms with Gasteiger partial charge in [0.25, 0.3) is 0 Å². The molecule has 2 heterocycles. The van der Waals surface area contributed by atoms with E-state index in [1.165, 1.54) is 5.56 Å². The van der Waals surface area contributed by atoms with Crippen molar-refractivity contribution in [3.63, 3.8) is 0 Å². The number of piperazine rings is 1. The molecule has 18 heavy (non-hydrogen) atoms. The minimum atomic E-state index is 0.213. The van der Waals surface area contributed by atoms with Gasteiger partial charge in [-0.25, -0.2) is 0 Å². The SMILES string of the molecule is CC(=O)N1CC2CC1CN2Cc1cccc(Cl)c1. The van der Waals surface area contributed by atoms with Crippen LogP contribution in [0.1, 0.15) is 18.9 Å². The molecule has 1 amide bonds. The standard InChI is InChI=1S/C14H17ClN2O/c1-10(18)17-9-13-6-14(17)8-16(13)7-11-3-2-4-12(15)5-11/h2-5,13-14H,6-9H2,1H3. The summed E-state index contributed by atoms with van der Waals surface area (Å²) in [6.07, 6.45) is 1.13. The number of hydrogen-bond acceptors (Lipinski definition) is 2. The molecule has 2 fully saturated rings. The molecule has 3 nitrogen and oxygen atoms in total. The Bertz CT molecular complexity index is 477. The van der Waals surface area contributed by atoms with Crippen molar-refractivity contribution >= 4 is 17.5 Å². The molecule has 0 spiro atoms. The molecule has 2 atom stereocenters. The van der Waals surface area contributed by atoms with Crippen LogP contribution in [0, 0.1) is 0 Å². The van der Waals surface area contributed by atoms with E-state index >= 15 is 0 Å². The Kier molecular flexibility index (Phi) is 3.04. The highest BCUT2D eigenvalue weighted by atomic mass is 35.5. The molecule has 1 aromatic carbocycles. The predicted molar refractivity (Wildman–Crippen MR) is 71.4 cm³/mol. The van der Waals surface area contributed by atoms with Gasteiger partial charge in [-0.2, -0.15) is 0 Å². The lowest BCUT2D eigenvalue weighted by molar-refractivity contribution is -0.131. The molecule has 0 radical (unpaired) electrons. The Morgan fingerprint density at radius 3 is 2.83 bits per heavy atom. The summed E-state index contributed by atoms with van der Waals surface area (Å²) in [5, 5.41) is 0.794. The van der Waals surface area contributed by atoms with Crippen molar-refractivity contribution in [3.05, 3.63) is 34.9 Å². The molecule has 2 bridgehead atoms. The summed E-state index contributed by atoms with van der Waals surface area (Å²) in [4.78, 5) is 15.9. The van der Waals surface area contributed by atoms with Crippen LogP contribution in [0.15, 0.2) is 24.3 Å². The minimum absolute atomic E-state index is 0.213.